The molecule has 176 valence electrons. The van der Waals surface area contributed by atoms with E-state index < -0.39 is 23.7 Å². The zero-order valence-electron chi connectivity index (χ0n) is 18.3. The summed E-state index contributed by atoms with van der Waals surface area (Å²) in [7, 11) is 0. The molecule has 1 atom stereocenters. The minimum absolute atomic E-state index is 0.0444. The Morgan fingerprint density at radius 1 is 0.767 bits per heavy atom. The van der Waals surface area contributed by atoms with Gasteiger partial charge < -0.3 is 35.6 Å². The average molecular weight is 434 g/mol. The van der Waals surface area contributed by atoms with Crippen LogP contribution in [0.25, 0.3) is 0 Å². The molecule has 10 heteroatoms. The van der Waals surface area contributed by atoms with Gasteiger partial charge in [-0.25, -0.2) is 14.4 Å². The molecular formula is C20H39N3O7. The maximum atomic E-state index is 11.9. The van der Waals surface area contributed by atoms with E-state index in [1.807, 2.05) is 6.92 Å². The van der Waals surface area contributed by atoms with Crippen molar-refractivity contribution in [3.8, 4) is 0 Å². The fourth-order valence-electron chi connectivity index (χ4n) is 2.54. The third-order valence-corrected chi connectivity index (χ3v) is 4.80. The second kappa shape index (κ2) is 17.6. The molecule has 0 saturated heterocycles. The van der Waals surface area contributed by atoms with Crippen molar-refractivity contribution in [3.05, 3.63) is 0 Å². The van der Waals surface area contributed by atoms with E-state index in [1.165, 1.54) is 0 Å². The van der Waals surface area contributed by atoms with Crippen LogP contribution in [-0.4, -0.2) is 67.9 Å². The lowest BCUT2D eigenvalue weighted by Crippen LogP contribution is -2.40. The van der Waals surface area contributed by atoms with Crippen molar-refractivity contribution in [2.45, 2.75) is 65.2 Å². The molecule has 0 heterocycles. The first kappa shape index (κ1) is 27.8. The number of carbonyl (C=O) groups is 3. The van der Waals surface area contributed by atoms with Gasteiger partial charge in [0.25, 0.3) is 0 Å². The number of hydrogen-bond acceptors (Lipinski definition) is 6. The zero-order chi connectivity index (χ0) is 22.7. The summed E-state index contributed by atoms with van der Waals surface area (Å²) in [5.74, 6) is 0. The molecule has 0 rings (SSSR count). The van der Waals surface area contributed by atoms with Crippen LogP contribution in [0.4, 0.5) is 14.4 Å². The number of amides is 3. The highest BCUT2D eigenvalue weighted by Gasteiger charge is 2.31. The minimum Gasteiger partial charge on any atom is -0.465 e. The lowest BCUT2D eigenvalue weighted by molar-refractivity contribution is -0.0118. The van der Waals surface area contributed by atoms with E-state index in [1.54, 1.807) is 0 Å². The SMILES string of the molecule is CCCCCNC(=O)OCC(CC)(CO)COC(=O)NCCCCCCNC(=O)O. The average Bonchev–Trinajstić information content (AvgIpc) is 2.73. The Hall–Kier alpha value is -2.23. The number of carbonyl (C=O) groups excluding carboxylic acids is 2. The Labute approximate surface area is 179 Å². The van der Waals surface area contributed by atoms with Gasteiger partial charge in [0.15, 0.2) is 0 Å². The number of hydrogen-bond donors (Lipinski definition) is 5. The number of nitrogens with one attached hydrogen (secondary N) is 3. The molecule has 0 aromatic heterocycles. The van der Waals surface area contributed by atoms with E-state index in [-0.39, 0.29) is 19.8 Å². The van der Waals surface area contributed by atoms with E-state index >= 15 is 0 Å². The van der Waals surface area contributed by atoms with Gasteiger partial charge in [0.05, 0.1) is 12.0 Å². The molecule has 0 saturated carbocycles. The van der Waals surface area contributed by atoms with E-state index in [0.717, 1.165) is 44.9 Å². The number of aliphatic hydroxyl groups excluding tert-OH is 1. The Kier molecular flexibility index (Phi) is 16.3. The number of rotatable bonds is 17. The molecule has 0 aromatic carbocycles. The quantitative estimate of drug-likeness (QED) is 0.222. The van der Waals surface area contributed by atoms with Crippen LogP contribution in [0.5, 0.6) is 0 Å². The largest absolute Gasteiger partial charge is 0.465 e. The van der Waals surface area contributed by atoms with Crippen LogP contribution >= 0.6 is 0 Å². The first-order chi connectivity index (χ1) is 14.4. The number of aliphatic hydroxyl groups is 1. The Balaban J connectivity index is 4.01. The Morgan fingerprint density at radius 2 is 1.23 bits per heavy atom. The molecule has 0 fully saturated rings. The molecule has 0 aliphatic rings. The van der Waals surface area contributed by atoms with Gasteiger partial charge >= 0.3 is 18.3 Å². The number of unbranched alkanes of at least 4 members (excludes halogenated alkanes) is 5. The van der Waals surface area contributed by atoms with Gasteiger partial charge in [0.1, 0.15) is 13.2 Å². The molecule has 5 N–H and O–H groups in total. The molecule has 30 heavy (non-hydrogen) atoms. The second-order valence-corrected chi connectivity index (χ2v) is 7.37. The van der Waals surface area contributed by atoms with Crippen molar-refractivity contribution >= 4 is 18.3 Å². The highest BCUT2D eigenvalue weighted by atomic mass is 16.6. The lowest BCUT2D eigenvalue weighted by Gasteiger charge is -2.29. The minimum atomic E-state index is -1.02. The summed E-state index contributed by atoms with van der Waals surface area (Å²) in [6.45, 7) is 4.94. The Morgan fingerprint density at radius 3 is 1.63 bits per heavy atom. The van der Waals surface area contributed by atoms with Gasteiger partial charge in [-0.15, -0.1) is 0 Å². The van der Waals surface area contributed by atoms with Gasteiger partial charge in [-0.3, -0.25) is 0 Å². The summed E-state index contributed by atoms with van der Waals surface area (Å²) in [6, 6.07) is 0. The van der Waals surface area contributed by atoms with Crippen LogP contribution in [0.3, 0.4) is 0 Å². The van der Waals surface area contributed by atoms with E-state index in [0.29, 0.717) is 26.1 Å². The van der Waals surface area contributed by atoms with Gasteiger partial charge in [-0.05, 0) is 25.7 Å². The van der Waals surface area contributed by atoms with E-state index in [4.69, 9.17) is 14.6 Å². The van der Waals surface area contributed by atoms with Crippen LogP contribution in [-0.2, 0) is 9.47 Å². The van der Waals surface area contributed by atoms with E-state index in [2.05, 4.69) is 22.9 Å². The number of alkyl carbamates (subject to hydrolysis) is 2. The smallest absolute Gasteiger partial charge is 0.407 e. The number of carboxylic acid groups (broad SMARTS) is 1. The maximum Gasteiger partial charge on any atom is 0.407 e. The molecule has 0 bridgehead atoms. The Bertz CT molecular complexity index is 485. The zero-order valence-corrected chi connectivity index (χ0v) is 18.3. The monoisotopic (exact) mass is 433 g/mol. The lowest BCUT2D eigenvalue weighted by atomic mass is 9.88. The normalized spacial score (nSPS) is 12.5. The first-order valence-corrected chi connectivity index (χ1v) is 10.8. The fraction of sp³-hybridized carbons (Fsp3) is 0.850. The van der Waals surface area contributed by atoms with Crippen molar-refractivity contribution in [1.82, 2.24) is 16.0 Å². The van der Waals surface area contributed by atoms with Crippen molar-refractivity contribution in [1.29, 1.82) is 0 Å². The van der Waals surface area contributed by atoms with Crippen LogP contribution in [0, 0.1) is 5.41 Å². The summed E-state index contributed by atoms with van der Waals surface area (Å²) in [6.07, 6.45) is 4.51. The topological polar surface area (TPSA) is 146 Å². The third kappa shape index (κ3) is 14.7. The molecule has 1 unspecified atom stereocenters. The summed E-state index contributed by atoms with van der Waals surface area (Å²) in [5.41, 5.74) is -0.838. The standard InChI is InChI=1S/C20H39N3O7/c1-3-5-8-12-22-18(27)29-15-20(4-2,14-24)16-30-19(28)23-13-10-7-6-9-11-21-17(25)26/h21,24H,3-16H2,1-2H3,(H,22,27)(H,23,28)(H,25,26). The molecule has 0 radical (unpaired) electrons. The summed E-state index contributed by atoms with van der Waals surface area (Å²) < 4.78 is 10.4. The molecule has 0 spiro atoms. The fourth-order valence-corrected chi connectivity index (χ4v) is 2.54. The first-order valence-electron chi connectivity index (χ1n) is 10.8. The van der Waals surface area contributed by atoms with Crippen LogP contribution < -0.4 is 16.0 Å². The maximum absolute atomic E-state index is 11.9. The van der Waals surface area contributed by atoms with Crippen molar-refractivity contribution in [2.24, 2.45) is 5.41 Å². The highest BCUT2D eigenvalue weighted by molar-refractivity contribution is 5.67. The van der Waals surface area contributed by atoms with Crippen LogP contribution in [0.1, 0.15) is 65.2 Å². The van der Waals surface area contributed by atoms with Crippen molar-refractivity contribution in [3.63, 3.8) is 0 Å². The second-order valence-electron chi connectivity index (χ2n) is 7.37. The summed E-state index contributed by atoms with van der Waals surface area (Å²) in [5, 5.41) is 25.8. The molecule has 3 amide bonds. The van der Waals surface area contributed by atoms with E-state index in [9.17, 15) is 19.5 Å². The number of ether oxygens (including phenoxy) is 2. The van der Waals surface area contributed by atoms with Gasteiger partial charge in [-0.2, -0.15) is 0 Å². The molecular weight excluding hydrogens is 394 g/mol. The third-order valence-electron chi connectivity index (χ3n) is 4.80. The molecule has 0 aliphatic heterocycles. The van der Waals surface area contributed by atoms with Crippen LogP contribution in [0.15, 0.2) is 0 Å². The van der Waals surface area contributed by atoms with Crippen LogP contribution in [0.2, 0.25) is 0 Å². The summed E-state index contributed by atoms with van der Waals surface area (Å²) >= 11 is 0. The molecule has 0 aliphatic carbocycles. The predicted octanol–water partition coefficient (Wildman–Crippen LogP) is 2.85. The molecule has 10 nitrogen and oxygen atoms in total. The predicted molar refractivity (Wildman–Crippen MR) is 113 cm³/mol. The van der Waals surface area contributed by atoms with Gasteiger partial charge in [-0.1, -0.05) is 39.5 Å². The highest BCUT2D eigenvalue weighted by Crippen LogP contribution is 2.22. The van der Waals surface area contributed by atoms with Gasteiger partial charge in [0.2, 0.25) is 0 Å². The van der Waals surface area contributed by atoms with Crippen molar-refractivity contribution < 1.29 is 34.1 Å². The van der Waals surface area contributed by atoms with Crippen molar-refractivity contribution in [2.75, 3.05) is 39.5 Å². The molecule has 0 aromatic rings. The summed E-state index contributed by atoms with van der Waals surface area (Å²) in [4.78, 5) is 33.9. The van der Waals surface area contributed by atoms with Gasteiger partial charge in [0, 0.05) is 19.6 Å².